The van der Waals surface area contributed by atoms with Gasteiger partial charge in [0.25, 0.3) is 0 Å². The van der Waals surface area contributed by atoms with Crippen molar-refractivity contribution in [1.82, 2.24) is 10.2 Å². The third kappa shape index (κ3) is 2.08. The molecule has 2 aliphatic rings. The van der Waals surface area contributed by atoms with Crippen LogP contribution in [-0.2, 0) is 4.79 Å². The van der Waals surface area contributed by atoms with Crippen LogP contribution in [0.25, 0.3) is 0 Å². The van der Waals surface area contributed by atoms with Crippen LogP contribution in [-0.4, -0.2) is 30.0 Å². The highest BCUT2D eigenvalue weighted by Crippen LogP contribution is 2.38. The molecule has 1 aliphatic carbocycles. The molecule has 108 valence electrons. The lowest BCUT2D eigenvalue weighted by atomic mass is 9.90. The summed E-state index contributed by atoms with van der Waals surface area (Å²) in [6, 6.07) is 8.30. The van der Waals surface area contributed by atoms with Crippen molar-refractivity contribution in [2.75, 3.05) is 7.11 Å². The zero-order chi connectivity index (χ0) is 14.1. The number of nitrogens with one attached hydrogen (secondary N) is 1. The van der Waals surface area contributed by atoms with Crippen molar-refractivity contribution in [3.05, 3.63) is 29.8 Å². The standard InChI is InChI=1S/C16H22N2O2/c1-3-13-16(19)18(11-7-6-8-11)15(17-13)12-9-4-5-10-14(12)20-2/h4-5,9-11,13,15,17H,3,6-8H2,1-2H3. The number of rotatable bonds is 4. The van der Waals surface area contributed by atoms with Crippen LogP contribution in [0.15, 0.2) is 24.3 Å². The average molecular weight is 274 g/mol. The minimum absolute atomic E-state index is 0.0473. The highest BCUT2D eigenvalue weighted by molar-refractivity contribution is 5.85. The van der Waals surface area contributed by atoms with Crippen LogP contribution in [0.3, 0.4) is 0 Å². The average Bonchev–Trinajstić information content (AvgIpc) is 2.74. The van der Waals surface area contributed by atoms with Crippen LogP contribution < -0.4 is 10.1 Å². The number of ether oxygens (including phenoxy) is 1. The summed E-state index contributed by atoms with van der Waals surface area (Å²) in [5.74, 6) is 1.09. The van der Waals surface area contributed by atoms with E-state index in [0.717, 1.165) is 30.6 Å². The number of carbonyl (C=O) groups excluding carboxylic acids is 1. The second kappa shape index (κ2) is 5.44. The van der Waals surface area contributed by atoms with Crippen LogP contribution in [0, 0.1) is 0 Å². The topological polar surface area (TPSA) is 41.6 Å². The number of methoxy groups -OCH3 is 1. The smallest absolute Gasteiger partial charge is 0.241 e. The van der Waals surface area contributed by atoms with E-state index in [1.54, 1.807) is 7.11 Å². The van der Waals surface area contributed by atoms with Crippen molar-refractivity contribution in [3.8, 4) is 5.75 Å². The van der Waals surface area contributed by atoms with E-state index in [0.29, 0.717) is 6.04 Å². The molecule has 1 N–H and O–H groups in total. The summed E-state index contributed by atoms with van der Waals surface area (Å²) in [5, 5.41) is 3.48. The lowest BCUT2D eigenvalue weighted by molar-refractivity contribution is -0.134. The zero-order valence-corrected chi connectivity index (χ0v) is 12.1. The Kier molecular flexibility index (Phi) is 3.66. The Hall–Kier alpha value is -1.55. The van der Waals surface area contributed by atoms with Gasteiger partial charge in [0.05, 0.1) is 13.2 Å². The molecule has 1 aromatic rings. The zero-order valence-electron chi connectivity index (χ0n) is 12.1. The minimum Gasteiger partial charge on any atom is -0.496 e. The van der Waals surface area contributed by atoms with Crippen molar-refractivity contribution in [3.63, 3.8) is 0 Å². The van der Waals surface area contributed by atoms with Gasteiger partial charge in [-0.2, -0.15) is 0 Å². The van der Waals surface area contributed by atoms with Crippen LogP contribution in [0.1, 0.15) is 44.3 Å². The molecule has 1 aromatic carbocycles. The fraction of sp³-hybridized carbons (Fsp3) is 0.562. The molecule has 2 fully saturated rings. The summed E-state index contributed by atoms with van der Waals surface area (Å²) in [4.78, 5) is 14.6. The molecule has 1 heterocycles. The Morgan fingerprint density at radius 2 is 2.10 bits per heavy atom. The molecule has 0 bridgehead atoms. The number of hydrogen-bond donors (Lipinski definition) is 1. The molecular weight excluding hydrogens is 252 g/mol. The van der Waals surface area contributed by atoms with Gasteiger partial charge in [-0.15, -0.1) is 0 Å². The van der Waals surface area contributed by atoms with Gasteiger partial charge >= 0.3 is 0 Å². The highest BCUT2D eigenvalue weighted by Gasteiger charge is 2.44. The lowest BCUT2D eigenvalue weighted by Gasteiger charge is -2.38. The fourth-order valence-electron chi connectivity index (χ4n) is 3.13. The minimum atomic E-state index is -0.0643. The molecule has 1 aliphatic heterocycles. The molecule has 0 radical (unpaired) electrons. The van der Waals surface area contributed by atoms with Crippen LogP contribution >= 0.6 is 0 Å². The summed E-state index contributed by atoms with van der Waals surface area (Å²) in [6.07, 6.45) is 4.25. The van der Waals surface area contributed by atoms with Crippen molar-refractivity contribution in [2.24, 2.45) is 0 Å². The molecule has 4 heteroatoms. The lowest BCUT2D eigenvalue weighted by Crippen LogP contribution is -2.44. The van der Waals surface area contributed by atoms with E-state index in [1.807, 2.05) is 24.3 Å². The monoisotopic (exact) mass is 274 g/mol. The van der Waals surface area contributed by atoms with Gasteiger partial charge in [-0.3, -0.25) is 10.1 Å². The van der Waals surface area contributed by atoms with E-state index in [9.17, 15) is 4.79 Å². The Balaban J connectivity index is 1.95. The molecule has 2 atom stereocenters. The normalized spacial score (nSPS) is 26.7. The quantitative estimate of drug-likeness (QED) is 0.917. The first-order valence-electron chi connectivity index (χ1n) is 7.47. The first-order chi connectivity index (χ1) is 9.76. The van der Waals surface area contributed by atoms with Gasteiger partial charge in [0, 0.05) is 11.6 Å². The van der Waals surface area contributed by atoms with Gasteiger partial charge in [0.1, 0.15) is 11.9 Å². The first kappa shape index (κ1) is 13.4. The molecule has 1 saturated carbocycles. The molecule has 1 amide bonds. The van der Waals surface area contributed by atoms with Crippen LogP contribution in [0.4, 0.5) is 0 Å². The number of carbonyl (C=O) groups is 1. The second-order valence-electron chi connectivity index (χ2n) is 5.60. The SMILES string of the molecule is CCC1NC(c2ccccc2OC)N(C2CCC2)C1=O. The number of hydrogen-bond acceptors (Lipinski definition) is 3. The van der Waals surface area contributed by atoms with Gasteiger partial charge in [-0.1, -0.05) is 25.1 Å². The molecule has 0 spiro atoms. The van der Waals surface area contributed by atoms with Gasteiger partial charge in [-0.05, 0) is 31.7 Å². The number of nitrogens with zero attached hydrogens (tertiary/aromatic N) is 1. The van der Waals surface area contributed by atoms with Gasteiger partial charge < -0.3 is 9.64 Å². The van der Waals surface area contributed by atoms with E-state index in [1.165, 1.54) is 6.42 Å². The summed E-state index contributed by atoms with van der Waals surface area (Å²) < 4.78 is 5.46. The van der Waals surface area contributed by atoms with E-state index in [2.05, 4.69) is 17.1 Å². The second-order valence-corrected chi connectivity index (χ2v) is 5.60. The Morgan fingerprint density at radius 3 is 2.70 bits per heavy atom. The number of benzene rings is 1. The summed E-state index contributed by atoms with van der Waals surface area (Å²) >= 11 is 0. The fourth-order valence-corrected chi connectivity index (χ4v) is 3.13. The van der Waals surface area contributed by atoms with Crippen LogP contribution in [0.2, 0.25) is 0 Å². The van der Waals surface area contributed by atoms with Crippen LogP contribution in [0.5, 0.6) is 5.75 Å². The third-order valence-electron chi connectivity index (χ3n) is 4.50. The van der Waals surface area contributed by atoms with Gasteiger partial charge in [-0.25, -0.2) is 0 Å². The van der Waals surface area contributed by atoms with E-state index < -0.39 is 0 Å². The van der Waals surface area contributed by atoms with Gasteiger partial charge in [0.2, 0.25) is 5.91 Å². The molecule has 2 unspecified atom stereocenters. The number of para-hydroxylation sites is 1. The number of amides is 1. The largest absolute Gasteiger partial charge is 0.496 e. The maximum atomic E-state index is 12.6. The highest BCUT2D eigenvalue weighted by atomic mass is 16.5. The molecule has 20 heavy (non-hydrogen) atoms. The van der Waals surface area contributed by atoms with E-state index >= 15 is 0 Å². The third-order valence-corrected chi connectivity index (χ3v) is 4.50. The van der Waals surface area contributed by atoms with Crippen molar-refractivity contribution in [2.45, 2.75) is 50.9 Å². The summed E-state index contributed by atoms with van der Waals surface area (Å²) in [6.45, 7) is 2.05. The van der Waals surface area contributed by atoms with E-state index in [-0.39, 0.29) is 18.1 Å². The van der Waals surface area contributed by atoms with Crippen molar-refractivity contribution < 1.29 is 9.53 Å². The van der Waals surface area contributed by atoms with Crippen molar-refractivity contribution >= 4 is 5.91 Å². The summed E-state index contributed by atoms with van der Waals surface area (Å²) in [7, 11) is 1.68. The predicted molar refractivity (Wildman–Crippen MR) is 77.4 cm³/mol. The molecular formula is C16H22N2O2. The van der Waals surface area contributed by atoms with Crippen molar-refractivity contribution in [1.29, 1.82) is 0 Å². The molecule has 4 nitrogen and oxygen atoms in total. The Morgan fingerprint density at radius 1 is 1.35 bits per heavy atom. The Labute approximate surface area is 120 Å². The molecule has 3 rings (SSSR count). The molecule has 1 saturated heterocycles. The predicted octanol–water partition coefficient (Wildman–Crippen LogP) is 2.46. The molecule has 0 aromatic heterocycles. The summed E-state index contributed by atoms with van der Waals surface area (Å²) in [5.41, 5.74) is 1.06. The van der Waals surface area contributed by atoms with E-state index in [4.69, 9.17) is 4.74 Å². The maximum absolute atomic E-state index is 12.6. The Bertz CT molecular complexity index is 499. The first-order valence-corrected chi connectivity index (χ1v) is 7.47. The van der Waals surface area contributed by atoms with Gasteiger partial charge in [0.15, 0.2) is 0 Å². The maximum Gasteiger partial charge on any atom is 0.241 e.